The first-order valence-electron chi connectivity index (χ1n) is 5.46. The number of para-hydroxylation sites is 1. The van der Waals surface area contributed by atoms with Gasteiger partial charge >= 0.3 is 0 Å². The normalized spacial score (nSPS) is 15.4. The summed E-state index contributed by atoms with van der Waals surface area (Å²) >= 11 is 1.20. The van der Waals surface area contributed by atoms with Gasteiger partial charge in [0.1, 0.15) is 0 Å². The number of halogens is 1. The van der Waals surface area contributed by atoms with E-state index in [2.05, 4.69) is 10.3 Å². The number of hydrogen-bond donors (Lipinski definition) is 2. The smallest absolute Gasteiger partial charge is 0.180 e. The van der Waals surface area contributed by atoms with Crippen molar-refractivity contribution in [2.24, 2.45) is 0 Å². The number of alkyl halides is 1. The van der Waals surface area contributed by atoms with Crippen molar-refractivity contribution in [3.63, 3.8) is 0 Å². The molecule has 1 aromatic heterocycles. The minimum Gasteiger partial charge on any atom is -0.384 e. The summed E-state index contributed by atoms with van der Waals surface area (Å²) in [6, 6.07) is 5.75. The van der Waals surface area contributed by atoms with Gasteiger partial charge in [0.2, 0.25) is 0 Å². The van der Waals surface area contributed by atoms with Crippen LogP contribution in [0.3, 0.4) is 0 Å². The molecular weight excluding hydrogens is 237 g/mol. The zero-order valence-corrected chi connectivity index (χ0v) is 9.93. The van der Waals surface area contributed by atoms with Crippen molar-refractivity contribution in [1.82, 2.24) is 4.98 Å². The van der Waals surface area contributed by atoms with E-state index in [1.807, 2.05) is 18.2 Å². The number of thiazole rings is 1. The lowest BCUT2D eigenvalue weighted by Gasteiger charge is -2.11. The minimum absolute atomic E-state index is 0.406. The maximum atomic E-state index is 14.4. The van der Waals surface area contributed by atoms with Crippen LogP contribution in [0.4, 0.5) is 15.2 Å². The number of fused-ring (bicyclic) bond motifs is 1. The van der Waals surface area contributed by atoms with Gasteiger partial charge in [-0.1, -0.05) is 29.5 Å². The summed E-state index contributed by atoms with van der Waals surface area (Å²) in [5.74, 6) is 0. The van der Waals surface area contributed by atoms with Crippen LogP contribution in [0.15, 0.2) is 24.4 Å². The van der Waals surface area contributed by atoms with Gasteiger partial charge in [0.15, 0.2) is 11.3 Å². The zero-order valence-electron chi connectivity index (χ0n) is 9.11. The first-order valence-corrected chi connectivity index (χ1v) is 6.28. The third-order valence-electron chi connectivity index (χ3n) is 2.94. The molecule has 3 nitrogen and oxygen atoms in total. The van der Waals surface area contributed by atoms with E-state index in [4.69, 9.17) is 5.73 Å². The molecule has 2 aromatic rings. The van der Waals surface area contributed by atoms with Gasteiger partial charge in [-0.3, -0.25) is 0 Å². The second kappa shape index (κ2) is 4.00. The maximum absolute atomic E-state index is 14.4. The van der Waals surface area contributed by atoms with Crippen LogP contribution in [-0.2, 0) is 6.42 Å². The third-order valence-corrected chi connectivity index (χ3v) is 3.81. The number of nitrogens with two attached hydrogens (primary N) is 1. The monoisotopic (exact) mass is 249 g/mol. The van der Waals surface area contributed by atoms with Crippen molar-refractivity contribution in [3.8, 4) is 0 Å². The summed E-state index contributed by atoms with van der Waals surface area (Å²) in [6.07, 6.45) is 1.32. The lowest BCUT2D eigenvalue weighted by atomic mass is 10.0. The Morgan fingerprint density at radius 2 is 2.35 bits per heavy atom. The molecule has 17 heavy (non-hydrogen) atoms. The summed E-state index contributed by atoms with van der Waals surface area (Å²) < 4.78 is 14.4. The number of nitrogen functional groups attached to an aromatic ring is 1. The average molecular weight is 249 g/mol. The number of aromatic nitrogens is 1. The van der Waals surface area contributed by atoms with Crippen LogP contribution in [0.1, 0.15) is 22.2 Å². The number of rotatable bonds is 2. The molecule has 1 aliphatic heterocycles. The Morgan fingerprint density at radius 1 is 1.47 bits per heavy atom. The Morgan fingerprint density at radius 3 is 3.12 bits per heavy atom. The van der Waals surface area contributed by atoms with Gasteiger partial charge < -0.3 is 11.1 Å². The topological polar surface area (TPSA) is 50.9 Å². The van der Waals surface area contributed by atoms with Crippen molar-refractivity contribution >= 4 is 22.2 Å². The van der Waals surface area contributed by atoms with Gasteiger partial charge in [-0.15, -0.1) is 0 Å². The third kappa shape index (κ3) is 1.76. The predicted octanol–water partition coefficient (Wildman–Crippen LogP) is 2.75. The minimum atomic E-state index is -1.15. The molecule has 88 valence electrons. The molecule has 1 unspecified atom stereocenters. The van der Waals surface area contributed by atoms with E-state index in [1.54, 1.807) is 0 Å². The molecule has 0 aliphatic carbocycles. The average Bonchev–Trinajstić information content (AvgIpc) is 2.95. The molecule has 2 heterocycles. The highest BCUT2D eigenvalue weighted by Crippen LogP contribution is 2.38. The predicted molar refractivity (Wildman–Crippen MR) is 68.1 cm³/mol. The van der Waals surface area contributed by atoms with E-state index in [-0.39, 0.29) is 0 Å². The molecule has 1 atom stereocenters. The Balaban J connectivity index is 2.02. The number of benzene rings is 1. The van der Waals surface area contributed by atoms with E-state index in [9.17, 15) is 4.39 Å². The molecule has 0 radical (unpaired) electrons. The van der Waals surface area contributed by atoms with Gasteiger partial charge in [-0.05, 0) is 12.0 Å². The lowest BCUT2D eigenvalue weighted by Crippen LogP contribution is -1.99. The van der Waals surface area contributed by atoms with Crippen molar-refractivity contribution in [2.75, 3.05) is 17.6 Å². The molecule has 0 saturated carbocycles. The summed E-state index contributed by atoms with van der Waals surface area (Å²) in [4.78, 5) is 4.45. The molecule has 0 fully saturated rings. The van der Waals surface area contributed by atoms with E-state index in [0.717, 1.165) is 18.7 Å². The fraction of sp³-hybridized carbons (Fsp3) is 0.250. The van der Waals surface area contributed by atoms with E-state index >= 15 is 0 Å². The molecule has 0 bridgehead atoms. The number of nitrogens with one attached hydrogen (secondary N) is 1. The van der Waals surface area contributed by atoms with Gasteiger partial charge in [0, 0.05) is 24.0 Å². The molecule has 5 heteroatoms. The van der Waals surface area contributed by atoms with E-state index in [1.165, 1.54) is 23.1 Å². The zero-order chi connectivity index (χ0) is 11.8. The van der Waals surface area contributed by atoms with Gasteiger partial charge in [0.05, 0.1) is 4.88 Å². The largest absolute Gasteiger partial charge is 0.384 e. The second-order valence-corrected chi connectivity index (χ2v) is 5.12. The Bertz CT molecular complexity index is 552. The first-order chi connectivity index (χ1) is 8.25. The fourth-order valence-electron chi connectivity index (χ4n) is 2.15. The summed E-state index contributed by atoms with van der Waals surface area (Å²) in [7, 11) is 0. The van der Waals surface area contributed by atoms with Crippen LogP contribution in [0.5, 0.6) is 0 Å². The molecule has 3 rings (SSSR count). The van der Waals surface area contributed by atoms with Gasteiger partial charge in [0.25, 0.3) is 0 Å². The number of anilines is 2. The Labute approximate surface area is 102 Å². The standard InChI is InChI=1S/C12H12FN3S/c13-10(9-6-16-12(14)17-9)8-3-1-2-7-4-5-15-11(7)8/h1-3,6,10,15H,4-5H2,(H2,14,16). The van der Waals surface area contributed by atoms with Crippen LogP contribution >= 0.6 is 11.3 Å². The molecule has 1 aliphatic rings. The molecule has 1 aromatic carbocycles. The highest BCUT2D eigenvalue weighted by molar-refractivity contribution is 7.15. The van der Waals surface area contributed by atoms with E-state index in [0.29, 0.717) is 15.6 Å². The Kier molecular flexibility index (Phi) is 2.48. The quantitative estimate of drug-likeness (QED) is 0.860. The van der Waals surface area contributed by atoms with Crippen LogP contribution < -0.4 is 11.1 Å². The molecule has 0 amide bonds. The lowest BCUT2D eigenvalue weighted by molar-refractivity contribution is 0.408. The molecule has 0 saturated heterocycles. The van der Waals surface area contributed by atoms with Gasteiger partial charge in [-0.2, -0.15) is 0 Å². The fourth-order valence-corrected chi connectivity index (χ4v) is 2.83. The SMILES string of the molecule is Nc1ncc(C(F)c2cccc3c2NCC3)s1. The van der Waals surface area contributed by atoms with Crippen LogP contribution in [0.2, 0.25) is 0 Å². The van der Waals surface area contributed by atoms with Gasteiger partial charge in [-0.25, -0.2) is 9.37 Å². The van der Waals surface area contributed by atoms with Crippen LogP contribution in [0.25, 0.3) is 0 Å². The van der Waals surface area contributed by atoms with Crippen molar-refractivity contribution in [3.05, 3.63) is 40.4 Å². The Hall–Kier alpha value is -1.62. The second-order valence-electron chi connectivity index (χ2n) is 4.02. The summed E-state index contributed by atoms with van der Waals surface area (Å²) in [6.45, 7) is 0.879. The van der Waals surface area contributed by atoms with Crippen molar-refractivity contribution < 1.29 is 4.39 Å². The van der Waals surface area contributed by atoms with E-state index < -0.39 is 6.17 Å². The first kappa shape index (κ1) is 10.5. The van der Waals surface area contributed by atoms with Crippen LogP contribution in [-0.4, -0.2) is 11.5 Å². The highest BCUT2D eigenvalue weighted by atomic mass is 32.1. The number of nitrogens with zero attached hydrogens (tertiary/aromatic N) is 1. The van der Waals surface area contributed by atoms with Crippen molar-refractivity contribution in [2.45, 2.75) is 12.6 Å². The van der Waals surface area contributed by atoms with Crippen molar-refractivity contribution in [1.29, 1.82) is 0 Å². The van der Waals surface area contributed by atoms with Crippen LogP contribution in [0, 0.1) is 0 Å². The molecule has 3 N–H and O–H groups in total. The molecule has 0 spiro atoms. The highest BCUT2D eigenvalue weighted by Gasteiger charge is 2.22. The maximum Gasteiger partial charge on any atom is 0.180 e. The molecular formula is C12H12FN3S. The summed E-state index contributed by atoms with van der Waals surface area (Å²) in [5.41, 5.74) is 8.34. The summed E-state index contributed by atoms with van der Waals surface area (Å²) in [5, 5.41) is 3.64. The number of hydrogen-bond acceptors (Lipinski definition) is 4.